The van der Waals surface area contributed by atoms with Gasteiger partial charge in [0.05, 0.1) is 6.07 Å². The Morgan fingerprint density at radius 1 is 1.53 bits per heavy atom. The van der Waals surface area contributed by atoms with E-state index in [4.69, 9.17) is 5.26 Å². The molecule has 1 atom stereocenters. The molecular weight excluding hydrogens is 294 g/mol. The van der Waals surface area contributed by atoms with E-state index < -0.39 is 29.1 Å². The predicted octanol–water partition coefficient (Wildman–Crippen LogP) is 2.76. The Hall–Kier alpha value is -1.48. The van der Waals surface area contributed by atoms with E-state index >= 15 is 0 Å². The lowest BCUT2D eigenvalue weighted by molar-refractivity contribution is 0.0936. The van der Waals surface area contributed by atoms with Crippen molar-refractivity contribution in [3.63, 3.8) is 0 Å². The van der Waals surface area contributed by atoms with Gasteiger partial charge in [-0.1, -0.05) is 22.9 Å². The van der Waals surface area contributed by atoms with E-state index in [0.29, 0.717) is 6.42 Å². The zero-order valence-electron chi connectivity index (χ0n) is 8.93. The molecule has 1 rings (SSSR count). The predicted molar refractivity (Wildman–Crippen MR) is 61.2 cm³/mol. The van der Waals surface area contributed by atoms with E-state index in [1.54, 1.807) is 6.92 Å². The van der Waals surface area contributed by atoms with Crippen molar-refractivity contribution in [1.82, 2.24) is 5.32 Å². The quantitative estimate of drug-likeness (QED) is 0.933. The van der Waals surface area contributed by atoms with Crippen molar-refractivity contribution in [2.45, 2.75) is 19.4 Å². The van der Waals surface area contributed by atoms with Crippen LogP contribution in [-0.4, -0.2) is 11.9 Å². The molecule has 0 spiro atoms. The van der Waals surface area contributed by atoms with Gasteiger partial charge in [0.25, 0.3) is 5.91 Å². The summed E-state index contributed by atoms with van der Waals surface area (Å²) in [5, 5.41) is 10.9. The summed E-state index contributed by atoms with van der Waals surface area (Å²) in [6.45, 7) is 1.68. The third-order valence-corrected chi connectivity index (χ3v) is 2.56. The number of rotatable bonds is 3. The molecule has 17 heavy (non-hydrogen) atoms. The van der Waals surface area contributed by atoms with E-state index in [1.165, 1.54) is 0 Å². The fourth-order valence-electron chi connectivity index (χ4n) is 1.22. The molecule has 6 heteroatoms. The van der Waals surface area contributed by atoms with Gasteiger partial charge < -0.3 is 5.32 Å². The molecule has 0 radical (unpaired) electrons. The molecule has 1 aromatic carbocycles. The van der Waals surface area contributed by atoms with Gasteiger partial charge in [-0.25, -0.2) is 8.78 Å². The molecule has 0 saturated carbocycles. The van der Waals surface area contributed by atoms with Crippen LogP contribution in [0.1, 0.15) is 23.7 Å². The number of nitrogens with one attached hydrogen (secondary N) is 1. The number of amides is 1. The Labute approximate surface area is 106 Å². The summed E-state index contributed by atoms with van der Waals surface area (Å²) < 4.78 is 27.0. The SMILES string of the molecule is CCC(C#N)NC(=O)c1c(F)cc(Br)cc1F. The fourth-order valence-corrected chi connectivity index (χ4v) is 1.62. The van der Waals surface area contributed by atoms with Crippen molar-refractivity contribution in [1.29, 1.82) is 5.26 Å². The highest BCUT2D eigenvalue weighted by Crippen LogP contribution is 2.19. The smallest absolute Gasteiger partial charge is 0.258 e. The molecular formula is C11H9BrF2N2O. The normalized spacial score (nSPS) is 11.7. The monoisotopic (exact) mass is 302 g/mol. The maximum absolute atomic E-state index is 13.4. The first-order valence-corrected chi connectivity index (χ1v) is 5.64. The number of carbonyl (C=O) groups excluding carboxylic acids is 1. The summed E-state index contributed by atoms with van der Waals surface area (Å²) in [5.41, 5.74) is -0.679. The highest BCUT2D eigenvalue weighted by molar-refractivity contribution is 9.10. The maximum atomic E-state index is 13.4. The first-order valence-electron chi connectivity index (χ1n) is 4.84. The molecule has 0 bridgehead atoms. The summed E-state index contributed by atoms with van der Waals surface area (Å²) in [5.74, 6) is -2.87. The third-order valence-electron chi connectivity index (χ3n) is 2.10. The number of carbonyl (C=O) groups is 1. The minimum atomic E-state index is -0.970. The summed E-state index contributed by atoms with van der Waals surface area (Å²) in [7, 11) is 0. The molecule has 0 heterocycles. The van der Waals surface area contributed by atoms with E-state index in [2.05, 4.69) is 21.2 Å². The molecule has 90 valence electrons. The van der Waals surface area contributed by atoms with E-state index in [-0.39, 0.29) is 4.47 Å². The van der Waals surface area contributed by atoms with Gasteiger partial charge in [0.2, 0.25) is 0 Å². The van der Waals surface area contributed by atoms with Gasteiger partial charge >= 0.3 is 0 Å². The maximum Gasteiger partial charge on any atom is 0.258 e. The lowest BCUT2D eigenvalue weighted by Gasteiger charge is -2.10. The van der Waals surface area contributed by atoms with Crippen LogP contribution >= 0.6 is 15.9 Å². The number of nitrogens with zero attached hydrogens (tertiary/aromatic N) is 1. The minimum Gasteiger partial charge on any atom is -0.336 e. The number of halogens is 3. The lowest BCUT2D eigenvalue weighted by Crippen LogP contribution is -2.34. The van der Waals surface area contributed by atoms with Crippen LogP contribution in [0.5, 0.6) is 0 Å². The number of hydrogen-bond acceptors (Lipinski definition) is 2. The zero-order valence-corrected chi connectivity index (χ0v) is 10.5. The fraction of sp³-hybridized carbons (Fsp3) is 0.273. The number of nitriles is 1. The summed E-state index contributed by atoms with van der Waals surface area (Å²) in [6, 6.07) is 3.04. The van der Waals surface area contributed by atoms with Crippen molar-refractivity contribution in [3.05, 3.63) is 33.8 Å². The van der Waals surface area contributed by atoms with Crippen molar-refractivity contribution >= 4 is 21.8 Å². The Morgan fingerprint density at radius 2 is 2.06 bits per heavy atom. The van der Waals surface area contributed by atoms with E-state index in [0.717, 1.165) is 12.1 Å². The van der Waals surface area contributed by atoms with Crippen molar-refractivity contribution < 1.29 is 13.6 Å². The Bertz CT molecular complexity index is 462. The van der Waals surface area contributed by atoms with Crippen LogP contribution < -0.4 is 5.32 Å². The summed E-state index contributed by atoms with van der Waals surface area (Å²) in [6.07, 6.45) is 0.363. The van der Waals surface area contributed by atoms with Crippen LogP contribution in [0.15, 0.2) is 16.6 Å². The Kier molecular flexibility index (Phi) is 4.58. The van der Waals surface area contributed by atoms with E-state index in [1.807, 2.05) is 6.07 Å². The molecule has 1 aromatic rings. The van der Waals surface area contributed by atoms with Gasteiger partial charge in [-0.3, -0.25) is 4.79 Å². The van der Waals surface area contributed by atoms with Gasteiger partial charge in [0.15, 0.2) is 0 Å². The van der Waals surface area contributed by atoms with Gasteiger partial charge in [-0.2, -0.15) is 5.26 Å². The van der Waals surface area contributed by atoms with Crippen LogP contribution in [0.2, 0.25) is 0 Å². The average molecular weight is 303 g/mol. The van der Waals surface area contributed by atoms with Crippen molar-refractivity contribution in [2.24, 2.45) is 0 Å². The summed E-state index contributed by atoms with van der Waals surface area (Å²) >= 11 is 2.91. The molecule has 1 amide bonds. The molecule has 0 saturated heterocycles. The molecule has 0 aliphatic rings. The molecule has 0 fully saturated rings. The van der Waals surface area contributed by atoms with Crippen LogP contribution in [0, 0.1) is 23.0 Å². The molecule has 1 N–H and O–H groups in total. The van der Waals surface area contributed by atoms with Crippen LogP contribution in [0.3, 0.4) is 0 Å². The number of benzene rings is 1. The van der Waals surface area contributed by atoms with Gasteiger partial charge in [0.1, 0.15) is 23.2 Å². The second-order valence-electron chi connectivity index (χ2n) is 3.31. The molecule has 0 aliphatic heterocycles. The Balaban J connectivity index is 3.02. The molecule has 1 unspecified atom stereocenters. The number of hydrogen-bond donors (Lipinski definition) is 1. The second-order valence-corrected chi connectivity index (χ2v) is 4.22. The minimum absolute atomic E-state index is 0.205. The average Bonchev–Trinajstić information content (AvgIpc) is 2.24. The topological polar surface area (TPSA) is 52.9 Å². The third kappa shape index (κ3) is 3.24. The summed E-state index contributed by atoms with van der Waals surface area (Å²) in [4.78, 5) is 11.6. The van der Waals surface area contributed by atoms with Crippen LogP contribution in [-0.2, 0) is 0 Å². The first kappa shape index (κ1) is 13.6. The van der Waals surface area contributed by atoms with Crippen molar-refractivity contribution in [3.8, 4) is 6.07 Å². The standard InChI is InChI=1S/C11H9BrF2N2O/c1-2-7(5-15)16-11(17)10-8(13)3-6(12)4-9(10)14/h3-4,7H,2H2,1H3,(H,16,17). The largest absolute Gasteiger partial charge is 0.336 e. The zero-order chi connectivity index (χ0) is 13.0. The Morgan fingerprint density at radius 3 is 2.47 bits per heavy atom. The van der Waals surface area contributed by atoms with Gasteiger partial charge in [-0.05, 0) is 18.6 Å². The second kappa shape index (κ2) is 5.73. The first-order chi connectivity index (χ1) is 7.99. The van der Waals surface area contributed by atoms with Crippen molar-refractivity contribution in [2.75, 3.05) is 0 Å². The highest BCUT2D eigenvalue weighted by Gasteiger charge is 2.20. The molecule has 0 aliphatic carbocycles. The molecule has 3 nitrogen and oxygen atoms in total. The van der Waals surface area contributed by atoms with Gasteiger partial charge in [0, 0.05) is 4.47 Å². The van der Waals surface area contributed by atoms with Crippen LogP contribution in [0.4, 0.5) is 8.78 Å². The lowest BCUT2D eigenvalue weighted by atomic mass is 10.1. The highest BCUT2D eigenvalue weighted by atomic mass is 79.9. The van der Waals surface area contributed by atoms with E-state index in [9.17, 15) is 13.6 Å². The molecule has 0 aromatic heterocycles. The van der Waals surface area contributed by atoms with Crippen LogP contribution in [0.25, 0.3) is 0 Å². The van der Waals surface area contributed by atoms with Gasteiger partial charge in [-0.15, -0.1) is 0 Å².